The maximum absolute atomic E-state index is 13.5. The van der Waals surface area contributed by atoms with Crippen molar-refractivity contribution in [2.24, 2.45) is 0 Å². The molecule has 1 heterocycles. The molecule has 0 bridgehead atoms. The average Bonchev–Trinajstić information content (AvgIpc) is 2.69. The molecule has 0 aliphatic carbocycles. The number of Topliss-reactive ketones (excluding diaryl/α,β-unsaturated/α-hetero) is 1. The number of nitrogens with zero attached hydrogens (tertiary/aromatic N) is 3. The highest BCUT2D eigenvalue weighted by atomic mass is 32.2. The van der Waals surface area contributed by atoms with Gasteiger partial charge in [-0.05, 0) is 36.6 Å². The number of rotatable bonds is 10. The molecule has 0 amide bonds. The number of carbonyl (C=O) groups excluding carboxylic acids is 1. The number of aliphatic carboxylic acids is 1. The van der Waals surface area contributed by atoms with Crippen LogP contribution in [0.4, 0.5) is 10.3 Å². The van der Waals surface area contributed by atoms with Gasteiger partial charge in [-0.2, -0.15) is 0 Å². The topological polar surface area (TPSA) is 118 Å². The minimum atomic E-state index is -3.61. The van der Waals surface area contributed by atoms with E-state index in [1.54, 1.807) is 24.3 Å². The summed E-state index contributed by atoms with van der Waals surface area (Å²) in [5.41, 5.74) is 2.18. The van der Waals surface area contributed by atoms with Crippen molar-refractivity contribution >= 4 is 33.8 Å². The van der Waals surface area contributed by atoms with Crippen molar-refractivity contribution in [3.05, 3.63) is 47.4 Å². The van der Waals surface area contributed by atoms with Crippen molar-refractivity contribution in [2.45, 2.75) is 39.0 Å². The molecule has 2 rings (SSSR count). The zero-order valence-electron chi connectivity index (χ0n) is 18.4. The Morgan fingerprint density at radius 1 is 1.19 bits per heavy atom. The summed E-state index contributed by atoms with van der Waals surface area (Å²) in [5.74, 6) is -2.08. The molecule has 0 unspecified atom stereocenters. The van der Waals surface area contributed by atoms with Crippen molar-refractivity contribution in [1.29, 1.82) is 0 Å². The molecule has 32 heavy (non-hydrogen) atoms. The fourth-order valence-electron chi connectivity index (χ4n) is 2.90. The molecule has 1 N–H and O–H groups in total. The van der Waals surface area contributed by atoms with E-state index in [9.17, 15) is 22.4 Å². The van der Waals surface area contributed by atoms with Crippen LogP contribution in [0.1, 0.15) is 50.3 Å². The lowest BCUT2D eigenvalue weighted by molar-refractivity contribution is -0.140. The second-order valence-corrected chi connectivity index (χ2v) is 9.63. The van der Waals surface area contributed by atoms with Crippen LogP contribution in [0.3, 0.4) is 0 Å². The van der Waals surface area contributed by atoms with E-state index >= 15 is 0 Å². The van der Waals surface area contributed by atoms with Crippen LogP contribution in [-0.4, -0.2) is 48.5 Å². The van der Waals surface area contributed by atoms with E-state index in [4.69, 9.17) is 5.11 Å². The van der Waals surface area contributed by atoms with Gasteiger partial charge in [0.05, 0.1) is 17.6 Å². The standard InChI is InChI=1S/C22H26FN3O5S/c1-14(2)20-18(8-6-5-7-17(27)13-19(28)29)21(15-9-11-16(23)12-10-15)25-22(24-20)26(3)32(4,30)31/h6,8-12,14H,5,7,13H2,1-4H3,(H,28,29). The first-order valence-electron chi connectivity index (χ1n) is 9.92. The van der Waals surface area contributed by atoms with Gasteiger partial charge in [0, 0.05) is 24.6 Å². The number of carbonyl (C=O) groups is 2. The molecule has 0 saturated carbocycles. The molecule has 0 aliphatic heterocycles. The number of halogens is 1. The summed E-state index contributed by atoms with van der Waals surface area (Å²) in [4.78, 5) is 31.2. The van der Waals surface area contributed by atoms with Gasteiger partial charge in [0.2, 0.25) is 16.0 Å². The predicted octanol–water partition coefficient (Wildman–Crippen LogP) is 3.64. The molecule has 0 fully saturated rings. The van der Waals surface area contributed by atoms with Crippen molar-refractivity contribution in [3.63, 3.8) is 0 Å². The Hall–Kier alpha value is -3.14. The van der Waals surface area contributed by atoms with Crippen LogP contribution in [-0.2, 0) is 19.6 Å². The van der Waals surface area contributed by atoms with Crippen molar-refractivity contribution in [2.75, 3.05) is 17.6 Å². The fraction of sp³-hybridized carbons (Fsp3) is 0.364. The Bertz CT molecular complexity index is 1130. The molecule has 0 aliphatic rings. The largest absolute Gasteiger partial charge is 0.481 e. The van der Waals surface area contributed by atoms with Gasteiger partial charge in [-0.15, -0.1) is 0 Å². The minimum Gasteiger partial charge on any atom is -0.481 e. The Kier molecular flexibility index (Phi) is 8.20. The third-order valence-electron chi connectivity index (χ3n) is 4.63. The second kappa shape index (κ2) is 10.4. The first-order chi connectivity index (χ1) is 14.9. The summed E-state index contributed by atoms with van der Waals surface area (Å²) in [7, 11) is -2.26. The summed E-state index contributed by atoms with van der Waals surface area (Å²) in [6, 6.07) is 5.65. The molecule has 1 aromatic carbocycles. The van der Waals surface area contributed by atoms with Crippen LogP contribution in [0.2, 0.25) is 0 Å². The molecule has 8 nitrogen and oxygen atoms in total. The summed E-state index contributed by atoms with van der Waals surface area (Å²) < 4.78 is 38.6. The summed E-state index contributed by atoms with van der Waals surface area (Å²) in [6.45, 7) is 3.80. The van der Waals surface area contributed by atoms with E-state index in [2.05, 4.69) is 9.97 Å². The van der Waals surface area contributed by atoms with Crippen LogP contribution in [0.15, 0.2) is 30.3 Å². The van der Waals surface area contributed by atoms with Gasteiger partial charge in [0.25, 0.3) is 0 Å². The second-order valence-electron chi connectivity index (χ2n) is 7.61. The van der Waals surface area contributed by atoms with E-state index in [-0.39, 0.29) is 24.1 Å². The van der Waals surface area contributed by atoms with Crippen LogP contribution in [0, 0.1) is 5.82 Å². The number of sulfonamides is 1. The summed E-state index contributed by atoms with van der Waals surface area (Å²) in [6.07, 6.45) is 4.36. The van der Waals surface area contributed by atoms with Crippen molar-refractivity contribution < 1.29 is 27.5 Å². The van der Waals surface area contributed by atoms with E-state index in [1.165, 1.54) is 19.2 Å². The minimum absolute atomic E-state index is 0.00990. The van der Waals surface area contributed by atoms with Crippen LogP contribution in [0.5, 0.6) is 0 Å². The number of anilines is 1. The van der Waals surface area contributed by atoms with Gasteiger partial charge < -0.3 is 5.11 Å². The van der Waals surface area contributed by atoms with Gasteiger partial charge in [0.1, 0.15) is 18.0 Å². The maximum Gasteiger partial charge on any atom is 0.310 e. The summed E-state index contributed by atoms with van der Waals surface area (Å²) in [5, 5.41) is 8.70. The number of allylic oxidation sites excluding steroid dienone is 1. The van der Waals surface area contributed by atoms with Gasteiger partial charge in [-0.1, -0.05) is 26.0 Å². The van der Waals surface area contributed by atoms with Gasteiger partial charge >= 0.3 is 5.97 Å². The Morgan fingerprint density at radius 3 is 2.34 bits per heavy atom. The first kappa shape index (κ1) is 25.1. The molecular weight excluding hydrogens is 437 g/mol. The molecule has 0 spiro atoms. The third kappa shape index (κ3) is 6.68. The highest BCUT2D eigenvalue weighted by Crippen LogP contribution is 2.31. The maximum atomic E-state index is 13.5. The Morgan fingerprint density at radius 2 is 1.81 bits per heavy atom. The molecular formula is C22H26FN3O5S. The Labute approximate surface area is 186 Å². The number of hydrogen-bond acceptors (Lipinski definition) is 6. The number of benzene rings is 1. The number of ketones is 1. The highest BCUT2D eigenvalue weighted by Gasteiger charge is 2.22. The molecule has 1 aromatic heterocycles. The third-order valence-corrected chi connectivity index (χ3v) is 5.79. The zero-order valence-corrected chi connectivity index (χ0v) is 19.2. The zero-order chi connectivity index (χ0) is 24.1. The van der Waals surface area contributed by atoms with Gasteiger partial charge in [0.15, 0.2) is 0 Å². The molecule has 0 atom stereocenters. The summed E-state index contributed by atoms with van der Waals surface area (Å²) >= 11 is 0. The molecule has 172 valence electrons. The van der Waals surface area contributed by atoms with Crippen LogP contribution >= 0.6 is 0 Å². The monoisotopic (exact) mass is 463 g/mol. The fourth-order valence-corrected chi connectivity index (χ4v) is 3.28. The smallest absolute Gasteiger partial charge is 0.310 e. The highest BCUT2D eigenvalue weighted by molar-refractivity contribution is 7.92. The van der Waals surface area contributed by atoms with E-state index < -0.39 is 28.2 Å². The molecule has 2 aromatic rings. The first-order valence-corrected chi connectivity index (χ1v) is 11.8. The van der Waals surface area contributed by atoms with Gasteiger partial charge in [-0.3, -0.25) is 9.59 Å². The van der Waals surface area contributed by atoms with E-state index in [1.807, 2.05) is 13.8 Å². The molecule has 0 saturated heterocycles. The number of carboxylic acids is 1. The quantitative estimate of drug-likeness (QED) is 0.535. The molecule has 0 radical (unpaired) electrons. The van der Waals surface area contributed by atoms with Gasteiger partial charge in [-0.25, -0.2) is 27.1 Å². The Balaban J connectivity index is 2.56. The average molecular weight is 464 g/mol. The lowest BCUT2D eigenvalue weighted by Crippen LogP contribution is -2.27. The van der Waals surface area contributed by atoms with E-state index in [0.717, 1.165) is 10.6 Å². The number of carboxylic acid groups (broad SMARTS) is 1. The van der Waals surface area contributed by atoms with Crippen molar-refractivity contribution in [3.8, 4) is 11.3 Å². The SMILES string of the molecule is CC(C)c1nc(N(C)S(C)(=O)=O)nc(-c2ccc(F)cc2)c1C=CCCC(=O)CC(=O)O. The number of aromatic nitrogens is 2. The van der Waals surface area contributed by atoms with Crippen molar-refractivity contribution in [1.82, 2.24) is 9.97 Å². The molecule has 10 heteroatoms. The normalized spacial score (nSPS) is 11.8. The lowest BCUT2D eigenvalue weighted by Gasteiger charge is -2.20. The van der Waals surface area contributed by atoms with Crippen LogP contribution < -0.4 is 4.31 Å². The lowest BCUT2D eigenvalue weighted by atomic mass is 9.97. The van der Waals surface area contributed by atoms with E-state index in [0.29, 0.717) is 28.9 Å². The van der Waals surface area contributed by atoms with Crippen LogP contribution in [0.25, 0.3) is 17.3 Å². The predicted molar refractivity (Wildman–Crippen MR) is 120 cm³/mol. The number of hydrogen-bond donors (Lipinski definition) is 1.